The zero-order valence-electron chi connectivity index (χ0n) is 25.9. The monoisotopic (exact) mass is 593 g/mol. The highest BCUT2D eigenvalue weighted by Crippen LogP contribution is 2.51. The van der Waals surface area contributed by atoms with Crippen LogP contribution < -0.4 is 4.74 Å². The van der Waals surface area contributed by atoms with E-state index in [0.717, 1.165) is 51.9 Å². The first kappa shape index (κ1) is 29.9. The molecule has 2 unspecified atom stereocenters. The predicted octanol–water partition coefficient (Wildman–Crippen LogP) is 11.2. The van der Waals surface area contributed by atoms with Crippen molar-refractivity contribution in [3.05, 3.63) is 137 Å². The first-order valence-corrected chi connectivity index (χ1v) is 17.1. The van der Waals surface area contributed by atoms with Crippen molar-refractivity contribution in [1.29, 1.82) is 5.26 Å². The zero-order chi connectivity index (χ0) is 30.5. The average Bonchev–Trinajstić information content (AvgIpc) is 3.06. The zero-order valence-corrected chi connectivity index (χ0v) is 26.9. The summed E-state index contributed by atoms with van der Waals surface area (Å²) in [5, 5.41) is 13.4. The van der Waals surface area contributed by atoms with Gasteiger partial charge in [0.2, 0.25) is 0 Å². The fraction of sp³-hybridized carbons (Fsp3) is 0.244. The lowest BCUT2D eigenvalue weighted by Gasteiger charge is -2.30. The first-order chi connectivity index (χ1) is 21.6. The molecule has 2 nitrogen and oxygen atoms in total. The number of fused-ring (bicyclic) bond motifs is 2. The minimum absolute atomic E-state index is 0.272. The Labute approximate surface area is 264 Å². The molecule has 0 amide bonds. The van der Waals surface area contributed by atoms with E-state index in [0.29, 0.717) is 11.5 Å². The van der Waals surface area contributed by atoms with E-state index in [-0.39, 0.29) is 5.92 Å². The van der Waals surface area contributed by atoms with E-state index in [2.05, 4.69) is 118 Å². The van der Waals surface area contributed by atoms with Crippen LogP contribution in [0.3, 0.4) is 0 Å². The summed E-state index contributed by atoms with van der Waals surface area (Å²) in [6.07, 6.45) is 13.8. The molecule has 2 aliphatic carbocycles. The van der Waals surface area contributed by atoms with Crippen LogP contribution in [0.5, 0.6) is 5.75 Å². The molecular formula is C41H40NOP. The number of nitriles is 1. The van der Waals surface area contributed by atoms with Crippen LogP contribution in [0.1, 0.15) is 56.7 Å². The molecule has 4 aromatic carbocycles. The normalized spacial score (nSPS) is 16.3. The van der Waals surface area contributed by atoms with Crippen LogP contribution in [0.4, 0.5) is 0 Å². The Hall–Kier alpha value is -4.18. The van der Waals surface area contributed by atoms with Gasteiger partial charge >= 0.3 is 0 Å². The topological polar surface area (TPSA) is 33.0 Å². The van der Waals surface area contributed by atoms with Gasteiger partial charge < -0.3 is 4.74 Å². The van der Waals surface area contributed by atoms with Crippen LogP contribution in [0.25, 0.3) is 33.0 Å². The van der Waals surface area contributed by atoms with E-state index in [1.54, 1.807) is 0 Å². The van der Waals surface area contributed by atoms with E-state index < -0.39 is 0 Å². The van der Waals surface area contributed by atoms with E-state index in [1.165, 1.54) is 49.5 Å². The van der Waals surface area contributed by atoms with Crippen molar-refractivity contribution in [2.24, 2.45) is 11.8 Å². The number of hydrogen-bond donors (Lipinski definition) is 0. The van der Waals surface area contributed by atoms with Gasteiger partial charge in [-0.05, 0) is 105 Å². The molecule has 0 aliphatic heterocycles. The third kappa shape index (κ3) is 6.36. The predicted molar refractivity (Wildman–Crippen MR) is 189 cm³/mol. The summed E-state index contributed by atoms with van der Waals surface area (Å²) in [7, 11) is 0.738. The van der Waals surface area contributed by atoms with Crippen LogP contribution in [-0.2, 0) is 0 Å². The van der Waals surface area contributed by atoms with Crippen molar-refractivity contribution in [3.63, 3.8) is 0 Å². The summed E-state index contributed by atoms with van der Waals surface area (Å²) in [6.45, 7) is 7.55. The van der Waals surface area contributed by atoms with Gasteiger partial charge in [0, 0.05) is 11.5 Å². The molecule has 0 bridgehead atoms. The highest BCUT2D eigenvalue weighted by Gasteiger charge is 2.28. The molecule has 2 atom stereocenters. The summed E-state index contributed by atoms with van der Waals surface area (Å²) in [6, 6.07) is 32.2. The summed E-state index contributed by atoms with van der Waals surface area (Å²) < 4.78 is 6.66. The molecule has 0 fully saturated rings. The summed E-state index contributed by atoms with van der Waals surface area (Å²) in [5.74, 6) is 1.92. The minimum atomic E-state index is 0.272. The van der Waals surface area contributed by atoms with Gasteiger partial charge in [0.25, 0.3) is 0 Å². The highest BCUT2D eigenvalue weighted by atomic mass is 31.1. The Kier molecular flexibility index (Phi) is 9.26. The number of nitrogens with zero attached hydrogens (tertiary/aromatic N) is 1. The Morgan fingerprint density at radius 1 is 0.909 bits per heavy atom. The van der Waals surface area contributed by atoms with Crippen molar-refractivity contribution >= 4 is 30.5 Å². The van der Waals surface area contributed by atoms with Crippen molar-refractivity contribution in [2.45, 2.75) is 40.0 Å². The quantitative estimate of drug-likeness (QED) is 0.135. The summed E-state index contributed by atoms with van der Waals surface area (Å²) in [4.78, 5) is 0. The molecule has 3 heteroatoms. The second-order valence-electron chi connectivity index (χ2n) is 12.1. The maximum absolute atomic E-state index is 9.47. The number of rotatable bonds is 10. The number of ether oxygens (including phenoxy) is 1. The summed E-state index contributed by atoms with van der Waals surface area (Å²) >= 11 is 0. The van der Waals surface area contributed by atoms with E-state index in [1.807, 2.05) is 18.2 Å². The van der Waals surface area contributed by atoms with Gasteiger partial charge in [0.05, 0.1) is 18.2 Å². The van der Waals surface area contributed by atoms with Gasteiger partial charge in [-0.2, -0.15) is 5.26 Å². The van der Waals surface area contributed by atoms with Crippen LogP contribution in [0.2, 0.25) is 0 Å². The molecule has 220 valence electrons. The SMILES string of the molecule is CCPC1=CCC2C=C(c3cccc(C#N)c3)C=CC2=C1c1c(OCCCC(C)C)ccc2cc(-c3ccccc3)ccc12. The van der Waals surface area contributed by atoms with Gasteiger partial charge in [-0.3, -0.25) is 0 Å². The van der Waals surface area contributed by atoms with Crippen molar-refractivity contribution in [3.8, 4) is 22.9 Å². The molecule has 0 N–H and O–H groups in total. The van der Waals surface area contributed by atoms with Crippen molar-refractivity contribution < 1.29 is 4.74 Å². The van der Waals surface area contributed by atoms with Gasteiger partial charge in [-0.15, -0.1) is 0 Å². The molecule has 0 radical (unpaired) electrons. The van der Waals surface area contributed by atoms with Gasteiger partial charge in [0.15, 0.2) is 0 Å². The van der Waals surface area contributed by atoms with Gasteiger partial charge in [-0.1, -0.05) is 114 Å². The van der Waals surface area contributed by atoms with Crippen molar-refractivity contribution in [2.75, 3.05) is 12.8 Å². The molecule has 0 saturated heterocycles. The molecule has 2 aliphatic rings. The third-order valence-corrected chi connectivity index (χ3v) is 9.76. The molecule has 44 heavy (non-hydrogen) atoms. The lowest BCUT2D eigenvalue weighted by atomic mass is 9.78. The van der Waals surface area contributed by atoms with Crippen LogP contribution >= 0.6 is 8.58 Å². The molecule has 6 rings (SSSR count). The largest absolute Gasteiger partial charge is 0.493 e. The Morgan fingerprint density at radius 2 is 1.75 bits per heavy atom. The maximum Gasteiger partial charge on any atom is 0.127 e. The lowest BCUT2D eigenvalue weighted by molar-refractivity contribution is 0.297. The molecule has 0 spiro atoms. The molecule has 4 aromatic rings. The number of hydrogen-bond acceptors (Lipinski definition) is 2. The third-order valence-electron chi connectivity index (χ3n) is 8.57. The van der Waals surface area contributed by atoms with Crippen molar-refractivity contribution in [1.82, 2.24) is 0 Å². The van der Waals surface area contributed by atoms with Crippen LogP contribution in [0, 0.1) is 23.2 Å². The Balaban J connectivity index is 1.49. The Morgan fingerprint density at radius 3 is 2.55 bits per heavy atom. The lowest BCUT2D eigenvalue weighted by Crippen LogP contribution is -2.12. The van der Waals surface area contributed by atoms with Gasteiger partial charge in [0.1, 0.15) is 5.75 Å². The van der Waals surface area contributed by atoms with E-state index >= 15 is 0 Å². The highest BCUT2D eigenvalue weighted by molar-refractivity contribution is 7.44. The van der Waals surface area contributed by atoms with E-state index in [9.17, 15) is 5.26 Å². The molecular weight excluding hydrogens is 553 g/mol. The summed E-state index contributed by atoms with van der Waals surface area (Å²) in [5.41, 5.74) is 9.37. The fourth-order valence-electron chi connectivity index (χ4n) is 6.39. The van der Waals surface area contributed by atoms with Crippen LogP contribution in [0.15, 0.2) is 120 Å². The smallest absolute Gasteiger partial charge is 0.127 e. The average molecular weight is 594 g/mol. The molecule has 0 aromatic heterocycles. The van der Waals surface area contributed by atoms with Gasteiger partial charge in [-0.25, -0.2) is 0 Å². The number of allylic oxidation sites excluding steroid dienone is 8. The van der Waals surface area contributed by atoms with E-state index in [4.69, 9.17) is 4.74 Å². The molecule has 0 saturated carbocycles. The maximum atomic E-state index is 9.47. The minimum Gasteiger partial charge on any atom is -0.493 e. The molecule has 0 heterocycles. The standard InChI is InChI=1S/C41H40NOP/c1-4-44-39-22-18-35-26-33(31-14-8-11-29(24-31)27-42)16-20-37(35)41(39)40-36-19-15-32(30-12-6-5-7-13-30)25-34(36)17-21-38(40)43-23-9-10-28(2)3/h5-8,11-17,19-22,24-26,28,35,44H,4,9-10,18,23H2,1-3H3. The Bertz CT molecular complexity index is 1830. The second kappa shape index (κ2) is 13.6. The van der Waals surface area contributed by atoms with Crippen LogP contribution in [-0.4, -0.2) is 12.8 Å². The first-order valence-electron chi connectivity index (χ1n) is 15.9. The fourth-order valence-corrected chi connectivity index (χ4v) is 7.48. The number of benzene rings is 4. The second-order valence-corrected chi connectivity index (χ2v) is 13.7.